The van der Waals surface area contributed by atoms with Crippen LogP contribution in [0, 0.1) is 5.82 Å². The van der Waals surface area contributed by atoms with Crippen LogP contribution in [0.2, 0.25) is 0 Å². The number of rotatable bonds is 4. The summed E-state index contributed by atoms with van der Waals surface area (Å²) in [5, 5.41) is 5.75. The minimum absolute atomic E-state index is 0.0307. The van der Waals surface area contributed by atoms with Crippen LogP contribution in [0.1, 0.15) is 10.4 Å². The molecule has 7 heteroatoms. The van der Waals surface area contributed by atoms with Crippen LogP contribution >= 0.6 is 0 Å². The van der Waals surface area contributed by atoms with Gasteiger partial charge >= 0.3 is 0 Å². The molecule has 2 aromatic carbocycles. The van der Waals surface area contributed by atoms with E-state index in [1.54, 1.807) is 24.4 Å². The van der Waals surface area contributed by atoms with Gasteiger partial charge in [-0.3, -0.25) is 4.79 Å². The Morgan fingerprint density at radius 3 is 2.62 bits per heavy atom. The Labute approximate surface area is 148 Å². The number of amides is 1. The van der Waals surface area contributed by atoms with E-state index in [1.807, 2.05) is 18.2 Å². The normalized spacial score (nSPS) is 11.9. The van der Waals surface area contributed by atoms with Crippen LogP contribution in [0.25, 0.3) is 0 Å². The Morgan fingerprint density at radius 1 is 1.00 bits per heavy atom. The number of aromatic nitrogens is 1. The molecule has 0 saturated carbocycles. The van der Waals surface area contributed by atoms with Crippen molar-refractivity contribution in [3.63, 3.8) is 0 Å². The standard InChI is InChI=1S/C19H14FN3O3/c20-15-4-2-1-3-14(15)19(24)23-18-8-6-13(10-21-18)22-12-5-7-16-17(9-12)26-11-25-16/h1-10,22H,11H2,(H,21,23,24). The number of nitrogens with zero attached hydrogens (tertiary/aromatic N) is 1. The second kappa shape index (κ2) is 6.72. The van der Waals surface area contributed by atoms with E-state index in [4.69, 9.17) is 9.47 Å². The number of hydrogen-bond acceptors (Lipinski definition) is 5. The zero-order valence-electron chi connectivity index (χ0n) is 13.5. The number of nitrogens with one attached hydrogen (secondary N) is 2. The van der Waals surface area contributed by atoms with Crippen LogP contribution in [-0.2, 0) is 0 Å². The molecule has 0 spiro atoms. The molecule has 0 fully saturated rings. The third-order valence-corrected chi connectivity index (χ3v) is 3.78. The van der Waals surface area contributed by atoms with Gasteiger partial charge in [0.1, 0.15) is 11.6 Å². The van der Waals surface area contributed by atoms with Crippen molar-refractivity contribution in [2.24, 2.45) is 0 Å². The highest BCUT2D eigenvalue weighted by molar-refractivity contribution is 6.03. The predicted molar refractivity (Wildman–Crippen MR) is 94.4 cm³/mol. The van der Waals surface area contributed by atoms with E-state index in [0.717, 1.165) is 11.4 Å². The third kappa shape index (κ3) is 3.27. The fourth-order valence-electron chi connectivity index (χ4n) is 2.51. The molecule has 0 atom stereocenters. The molecule has 130 valence electrons. The first kappa shape index (κ1) is 15.9. The lowest BCUT2D eigenvalue weighted by Gasteiger charge is -2.09. The van der Waals surface area contributed by atoms with Crippen molar-refractivity contribution in [2.75, 3.05) is 17.4 Å². The van der Waals surface area contributed by atoms with Crippen LogP contribution in [0.3, 0.4) is 0 Å². The lowest BCUT2D eigenvalue weighted by Crippen LogP contribution is -2.14. The quantitative estimate of drug-likeness (QED) is 0.745. The van der Waals surface area contributed by atoms with Gasteiger partial charge < -0.3 is 20.1 Å². The van der Waals surface area contributed by atoms with Crippen molar-refractivity contribution >= 4 is 23.1 Å². The molecule has 0 radical (unpaired) electrons. The Bertz CT molecular complexity index is 960. The zero-order chi connectivity index (χ0) is 17.9. The number of benzene rings is 2. The molecule has 2 heterocycles. The van der Waals surface area contributed by atoms with Crippen LogP contribution in [0.15, 0.2) is 60.8 Å². The first-order valence-corrected chi connectivity index (χ1v) is 7.88. The first-order valence-electron chi connectivity index (χ1n) is 7.88. The van der Waals surface area contributed by atoms with Crippen molar-refractivity contribution in [1.82, 2.24) is 4.98 Å². The van der Waals surface area contributed by atoms with E-state index in [1.165, 1.54) is 18.2 Å². The van der Waals surface area contributed by atoms with Gasteiger partial charge in [-0.1, -0.05) is 12.1 Å². The minimum Gasteiger partial charge on any atom is -0.454 e. The van der Waals surface area contributed by atoms with E-state index < -0.39 is 11.7 Å². The van der Waals surface area contributed by atoms with Gasteiger partial charge in [-0.25, -0.2) is 9.37 Å². The Balaban J connectivity index is 1.44. The summed E-state index contributed by atoms with van der Waals surface area (Å²) in [6.07, 6.45) is 1.57. The third-order valence-electron chi connectivity index (χ3n) is 3.78. The minimum atomic E-state index is -0.578. The maximum Gasteiger partial charge on any atom is 0.259 e. The summed E-state index contributed by atoms with van der Waals surface area (Å²) in [6.45, 7) is 0.219. The number of carbonyl (C=O) groups excluding carboxylic acids is 1. The average Bonchev–Trinajstić information content (AvgIpc) is 3.11. The van der Waals surface area contributed by atoms with E-state index >= 15 is 0 Å². The van der Waals surface area contributed by atoms with Crippen LogP contribution < -0.4 is 20.1 Å². The van der Waals surface area contributed by atoms with Gasteiger partial charge in [0.25, 0.3) is 5.91 Å². The second-order valence-electron chi connectivity index (χ2n) is 5.56. The van der Waals surface area contributed by atoms with Crippen molar-refractivity contribution in [3.05, 3.63) is 72.2 Å². The van der Waals surface area contributed by atoms with Crippen LogP contribution in [-0.4, -0.2) is 17.7 Å². The summed E-state index contributed by atoms with van der Waals surface area (Å²) in [7, 11) is 0. The summed E-state index contributed by atoms with van der Waals surface area (Å²) in [5.41, 5.74) is 1.52. The highest BCUT2D eigenvalue weighted by Crippen LogP contribution is 2.35. The molecule has 1 amide bonds. The molecule has 0 aliphatic carbocycles. The second-order valence-corrected chi connectivity index (χ2v) is 5.56. The molecule has 6 nitrogen and oxygen atoms in total. The summed E-state index contributed by atoms with van der Waals surface area (Å²) >= 11 is 0. The zero-order valence-corrected chi connectivity index (χ0v) is 13.5. The number of anilines is 3. The Kier molecular flexibility index (Phi) is 4.10. The summed E-state index contributed by atoms with van der Waals surface area (Å²) < 4.78 is 24.2. The van der Waals surface area contributed by atoms with Gasteiger partial charge in [-0.2, -0.15) is 0 Å². The Hall–Kier alpha value is -3.61. The van der Waals surface area contributed by atoms with Gasteiger partial charge in [0.2, 0.25) is 6.79 Å². The maximum atomic E-state index is 13.6. The van der Waals surface area contributed by atoms with Crippen LogP contribution in [0.4, 0.5) is 21.6 Å². The number of pyridine rings is 1. The van der Waals surface area contributed by atoms with Gasteiger partial charge in [0.05, 0.1) is 17.4 Å². The number of ether oxygens (including phenoxy) is 2. The van der Waals surface area contributed by atoms with Gasteiger partial charge in [0, 0.05) is 11.8 Å². The molecule has 3 aromatic rings. The molecular weight excluding hydrogens is 337 g/mol. The molecule has 0 bridgehead atoms. The highest BCUT2D eigenvalue weighted by Gasteiger charge is 2.14. The van der Waals surface area contributed by atoms with Crippen molar-refractivity contribution < 1.29 is 18.7 Å². The smallest absolute Gasteiger partial charge is 0.259 e. The summed E-state index contributed by atoms with van der Waals surface area (Å²) in [5.74, 6) is 0.587. The molecule has 1 aromatic heterocycles. The molecule has 1 aliphatic rings. The number of halogens is 1. The molecular formula is C19H14FN3O3. The summed E-state index contributed by atoms with van der Waals surface area (Å²) in [4.78, 5) is 16.3. The van der Waals surface area contributed by atoms with Crippen LogP contribution in [0.5, 0.6) is 11.5 Å². The lowest BCUT2D eigenvalue weighted by molar-refractivity contribution is 0.102. The fraction of sp³-hybridized carbons (Fsp3) is 0.0526. The fourth-order valence-corrected chi connectivity index (χ4v) is 2.51. The highest BCUT2D eigenvalue weighted by atomic mass is 19.1. The van der Waals surface area contributed by atoms with Crippen molar-refractivity contribution in [3.8, 4) is 11.5 Å². The van der Waals surface area contributed by atoms with Crippen molar-refractivity contribution in [1.29, 1.82) is 0 Å². The maximum absolute atomic E-state index is 13.6. The number of fused-ring (bicyclic) bond motifs is 1. The van der Waals surface area contributed by atoms with Gasteiger partial charge in [0.15, 0.2) is 11.5 Å². The van der Waals surface area contributed by atoms with E-state index in [2.05, 4.69) is 15.6 Å². The molecule has 0 saturated heterocycles. The van der Waals surface area contributed by atoms with Crippen molar-refractivity contribution in [2.45, 2.75) is 0 Å². The average molecular weight is 351 g/mol. The molecule has 26 heavy (non-hydrogen) atoms. The molecule has 2 N–H and O–H groups in total. The summed E-state index contributed by atoms with van der Waals surface area (Å²) in [6, 6.07) is 14.7. The predicted octanol–water partition coefficient (Wildman–Crippen LogP) is 3.95. The molecule has 1 aliphatic heterocycles. The first-order chi connectivity index (χ1) is 12.7. The number of carbonyl (C=O) groups is 1. The van der Waals surface area contributed by atoms with Gasteiger partial charge in [-0.15, -0.1) is 0 Å². The molecule has 0 unspecified atom stereocenters. The van der Waals surface area contributed by atoms with E-state index in [0.29, 0.717) is 17.3 Å². The lowest BCUT2D eigenvalue weighted by atomic mass is 10.2. The monoisotopic (exact) mass is 351 g/mol. The topological polar surface area (TPSA) is 72.5 Å². The van der Waals surface area contributed by atoms with E-state index in [9.17, 15) is 9.18 Å². The Morgan fingerprint density at radius 2 is 1.81 bits per heavy atom. The van der Waals surface area contributed by atoms with E-state index in [-0.39, 0.29) is 12.4 Å². The number of hydrogen-bond donors (Lipinski definition) is 2. The largest absolute Gasteiger partial charge is 0.454 e. The van der Waals surface area contributed by atoms with Gasteiger partial charge in [-0.05, 0) is 36.4 Å². The molecule has 4 rings (SSSR count). The SMILES string of the molecule is O=C(Nc1ccc(Nc2ccc3c(c2)OCO3)cn1)c1ccccc1F.